The Balaban J connectivity index is 1.75. The Morgan fingerprint density at radius 1 is 0.355 bits per heavy atom. The summed E-state index contributed by atoms with van der Waals surface area (Å²) in [6.07, 6.45) is 0. The fourth-order valence-electron chi connectivity index (χ4n) is 5.14. The van der Waals surface area contributed by atoms with E-state index in [2.05, 4.69) is 120 Å². The number of hydrogen-bond acceptors (Lipinski definition) is 0. The van der Waals surface area contributed by atoms with Gasteiger partial charge in [-0.3, -0.25) is 0 Å². The van der Waals surface area contributed by atoms with E-state index in [4.69, 9.17) is 0 Å². The van der Waals surface area contributed by atoms with E-state index in [9.17, 15) is 0 Å². The highest BCUT2D eigenvalue weighted by molar-refractivity contribution is 6.17. The first-order chi connectivity index (χ1) is 15.4. The molecule has 0 radical (unpaired) electrons. The van der Waals surface area contributed by atoms with Crippen molar-refractivity contribution in [1.29, 1.82) is 0 Å². The van der Waals surface area contributed by atoms with Gasteiger partial charge >= 0.3 is 0 Å². The summed E-state index contributed by atoms with van der Waals surface area (Å²) >= 11 is 0. The van der Waals surface area contributed by atoms with Crippen molar-refractivity contribution in [3.63, 3.8) is 0 Å². The van der Waals surface area contributed by atoms with Crippen LogP contribution in [0.1, 0.15) is 0 Å². The summed E-state index contributed by atoms with van der Waals surface area (Å²) in [7, 11) is 0. The molecule has 1 nitrogen and oxygen atoms in total. The Labute approximate surface area is 179 Å². The normalized spacial score (nSPS) is 11.9. The zero-order chi connectivity index (χ0) is 20.4. The molecule has 144 valence electrons. The molecule has 1 aromatic heterocycles. The maximum Gasteiger partial charge on any atom is 0.0547 e. The minimum Gasteiger partial charge on any atom is -0.309 e. The Hall–Kier alpha value is -4.10. The molecule has 0 N–H and O–H groups in total. The van der Waals surface area contributed by atoms with Gasteiger partial charge in [0.05, 0.1) is 16.7 Å². The van der Waals surface area contributed by atoms with Gasteiger partial charge in [0.15, 0.2) is 0 Å². The molecule has 0 aliphatic carbocycles. The fourth-order valence-corrected chi connectivity index (χ4v) is 5.14. The molecule has 0 saturated heterocycles. The maximum atomic E-state index is 2.44. The highest BCUT2D eigenvalue weighted by Gasteiger charge is 2.15. The Bertz CT molecular complexity index is 1730. The van der Waals surface area contributed by atoms with Crippen molar-refractivity contribution in [3.05, 3.63) is 115 Å². The van der Waals surface area contributed by atoms with E-state index in [-0.39, 0.29) is 0 Å². The molecule has 0 fully saturated rings. The molecular weight excluding hydrogens is 374 g/mol. The summed E-state index contributed by atoms with van der Waals surface area (Å²) in [5.74, 6) is 0. The van der Waals surface area contributed by atoms with Gasteiger partial charge < -0.3 is 4.57 Å². The van der Waals surface area contributed by atoms with E-state index in [1.54, 1.807) is 0 Å². The van der Waals surface area contributed by atoms with Crippen molar-refractivity contribution in [2.45, 2.75) is 0 Å². The van der Waals surface area contributed by atoms with Gasteiger partial charge in [-0.2, -0.15) is 0 Å². The fraction of sp³-hybridized carbons (Fsp3) is 0. The molecule has 0 aliphatic heterocycles. The monoisotopic (exact) mass is 393 g/mol. The van der Waals surface area contributed by atoms with Gasteiger partial charge in [-0.15, -0.1) is 0 Å². The second kappa shape index (κ2) is 6.20. The molecule has 0 atom stereocenters. The summed E-state index contributed by atoms with van der Waals surface area (Å²) in [6.45, 7) is 0. The van der Waals surface area contributed by atoms with E-state index >= 15 is 0 Å². The second-order valence-corrected chi connectivity index (χ2v) is 8.23. The lowest BCUT2D eigenvalue weighted by Gasteiger charge is -2.15. The molecule has 0 saturated carbocycles. The number of para-hydroxylation sites is 2. The van der Waals surface area contributed by atoms with Crippen LogP contribution in [-0.4, -0.2) is 4.57 Å². The van der Waals surface area contributed by atoms with Gasteiger partial charge in [0, 0.05) is 16.2 Å². The van der Waals surface area contributed by atoms with E-state index in [0.717, 1.165) is 0 Å². The molecule has 0 bridgehead atoms. The van der Waals surface area contributed by atoms with E-state index in [0.29, 0.717) is 0 Å². The van der Waals surface area contributed by atoms with Crippen LogP contribution >= 0.6 is 0 Å². The summed E-state index contributed by atoms with van der Waals surface area (Å²) < 4.78 is 2.44. The molecule has 0 unspecified atom stereocenters. The number of benzene rings is 6. The van der Waals surface area contributed by atoms with Gasteiger partial charge in [-0.1, -0.05) is 84.9 Å². The number of hydrogen-bond donors (Lipinski definition) is 0. The number of rotatable bonds is 1. The smallest absolute Gasteiger partial charge is 0.0547 e. The van der Waals surface area contributed by atoms with Crippen LogP contribution < -0.4 is 0 Å². The number of nitrogens with zero attached hydrogens (tertiary/aromatic N) is 1. The van der Waals surface area contributed by atoms with Crippen LogP contribution in [0.2, 0.25) is 0 Å². The van der Waals surface area contributed by atoms with Crippen LogP contribution in [0.3, 0.4) is 0 Å². The maximum absolute atomic E-state index is 2.44. The van der Waals surface area contributed by atoms with Crippen molar-refractivity contribution < 1.29 is 0 Å². The van der Waals surface area contributed by atoms with Gasteiger partial charge in [-0.05, 0) is 57.3 Å². The minimum absolute atomic E-state index is 1.23. The first-order valence-electron chi connectivity index (χ1n) is 10.7. The highest BCUT2D eigenvalue weighted by atomic mass is 15.0. The van der Waals surface area contributed by atoms with Crippen molar-refractivity contribution in [2.24, 2.45) is 0 Å². The molecule has 0 amide bonds. The lowest BCUT2D eigenvalue weighted by Crippen LogP contribution is -1.96. The number of aromatic nitrogens is 1. The first-order valence-corrected chi connectivity index (χ1v) is 10.7. The van der Waals surface area contributed by atoms with Crippen LogP contribution in [0.4, 0.5) is 0 Å². The summed E-state index contributed by atoms with van der Waals surface area (Å²) in [5.41, 5.74) is 3.72. The van der Waals surface area contributed by atoms with E-state index in [1.807, 2.05) is 0 Å². The van der Waals surface area contributed by atoms with Gasteiger partial charge in [0.2, 0.25) is 0 Å². The quantitative estimate of drug-likeness (QED) is 0.195. The van der Waals surface area contributed by atoms with Crippen LogP contribution in [0.15, 0.2) is 115 Å². The minimum atomic E-state index is 1.23. The zero-order valence-corrected chi connectivity index (χ0v) is 16.9. The molecule has 6 aromatic carbocycles. The lowest BCUT2D eigenvalue weighted by molar-refractivity contribution is 1.20. The third-order valence-electron chi connectivity index (χ3n) is 6.53. The second-order valence-electron chi connectivity index (χ2n) is 8.23. The van der Waals surface area contributed by atoms with E-state index < -0.39 is 0 Å². The Kier molecular flexibility index (Phi) is 3.33. The third-order valence-corrected chi connectivity index (χ3v) is 6.53. The average molecular weight is 393 g/mol. The van der Waals surface area contributed by atoms with Crippen molar-refractivity contribution in [1.82, 2.24) is 4.57 Å². The van der Waals surface area contributed by atoms with Gasteiger partial charge in [-0.25, -0.2) is 0 Å². The lowest BCUT2D eigenvalue weighted by atomic mass is 9.96. The molecule has 7 rings (SSSR count). The topological polar surface area (TPSA) is 4.93 Å². The zero-order valence-electron chi connectivity index (χ0n) is 16.9. The van der Waals surface area contributed by atoms with Crippen LogP contribution in [0.25, 0.3) is 59.8 Å². The standard InChI is InChI=1S/C30H19N/c1-2-10-21-18-27-26(17-20(21)9-1)23-12-4-3-11-22(23)19-30(27)31-28-15-7-5-13-24(28)25-14-6-8-16-29(25)31/h1-19H. The predicted octanol–water partition coefficient (Wildman–Crippen LogP) is 8.24. The summed E-state index contributed by atoms with van der Waals surface area (Å²) in [4.78, 5) is 0. The molecule has 0 aliphatic rings. The average Bonchev–Trinajstić information content (AvgIpc) is 3.17. The molecule has 0 spiro atoms. The number of fused-ring (bicyclic) bond motifs is 7. The largest absolute Gasteiger partial charge is 0.309 e. The summed E-state index contributed by atoms with van der Waals surface area (Å²) in [5, 5.41) is 10.3. The third kappa shape index (κ3) is 2.32. The van der Waals surface area contributed by atoms with Gasteiger partial charge in [0.25, 0.3) is 0 Å². The van der Waals surface area contributed by atoms with Crippen LogP contribution in [0, 0.1) is 0 Å². The van der Waals surface area contributed by atoms with E-state index in [1.165, 1.54) is 59.8 Å². The SMILES string of the molecule is c1ccc2cc3c(cc2c1)c(-n1c2ccccc2c2ccccc21)cc1ccccc13. The first kappa shape index (κ1) is 16.7. The Morgan fingerprint density at radius 2 is 0.839 bits per heavy atom. The Morgan fingerprint density at radius 3 is 1.48 bits per heavy atom. The van der Waals surface area contributed by atoms with Gasteiger partial charge in [0.1, 0.15) is 0 Å². The van der Waals surface area contributed by atoms with Crippen LogP contribution in [0.5, 0.6) is 0 Å². The summed E-state index contributed by atoms with van der Waals surface area (Å²) in [6, 6.07) is 41.9. The van der Waals surface area contributed by atoms with Crippen molar-refractivity contribution in [2.75, 3.05) is 0 Å². The van der Waals surface area contributed by atoms with Crippen molar-refractivity contribution >= 4 is 54.1 Å². The predicted molar refractivity (Wildman–Crippen MR) is 133 cm³/mol. The van der Waals surface area contributed by atoms with Crippen molar-refractivity contribution in [3.8, 4) is 5.69 Å². The molecule has 31 heavy (non-hydrogen) atoms. The molecule has 1 heterocycles. The molecule has 1 heteroatoms. The van der Waals surface area contributed by atoms with Crippen LogP contribution in [-0.2, 0) is 0 Å². The molecular formula is C30H19N. The molecule has 7 aromatic rings. The highest BCUT2D eigenvalue weighted by Crippen LogP contribution is 2.38.